The van der Waals surface area contributed by atoms with Crippen molar-refractivity contribution in [1.29, 1.82) is 5.41 Å². The monoisotopic (exact) mass is 399 g/mol. The van der Waals surface area contributed by atoms with Crippen LogP contribution in [0.5, 0.6) is 0 Å². The molecule has 0 amide bonds. The molecular weight excluding hydrogens is 387 g/mol. The maximum Gasteiger partial charge on any atom is 0.382 e. The molecule has 4 nitrogen and oxygen atoms in total. The van der Waals surface area contributed by atoms with Crippen LogP contribution in [0.4, 0.5) is 8.78 Å². The third kappa shape index (κ3) is 5.92. The summed E-state index contributed by atoms with van der Waals surface area (Å²) >= 11 is 16.3. The molecule has 0 bridgehead atoms. The number of ether oxygens (including phenoxy) is 2. The van der Waals surface area contributed by atoms with Crippen LogP contribution in [0.2, 0.25) is 0 Å². The Hall–Kier alpha value is -1.37. The number of halogens is 5. The van der Waals surface area contributed by atoms with Crippen LogP contribution in [-0.4, -0.2) is 34.3 Å². The minimum atomic E-state index is -4.08. The fourth-order valence-corrected chi connectivity index (χ4v) is 1.67. The summed E-state index contributed by atoms with van der Waals surface area (Å²) < 4.78 is 35.2. The zero-order valence-electron chi connectivity index (χ0n) is 12.4. The van der Waals surface area contributed by atoms with Crippen LogP contribution in [-0.2, 0) is 14.3 Å². The molecular formula is C15H14Cl3F2NO3. The molecule has 1 rings (SSSR count). The van der Waals surface area contributed by atoms with Crippen molar-refractivity contribution in [1.82, 2.24) is 0 Å². The lowest BCUT2D eigenvalue weighted by atomic mass is 10.1. The number of carbonyl (C=O) groups is 1. The van der Waals surface area contributed by atoms with Crippen molar-refractivity contribution in [2.24, 2.45) is 0 Å². The van der Waals surface area contributed by atoms with E-state index in [-0.39, 0.29) is 6.61 Å². The minimum Gasteiger partial charge on any atom is -0.463 e. The van der Waals surface area contributed by atoms with Crippen LogP contribution in [0, 0.1) is 5.41 Å². The number of carbonyl (C=O) groups excluding carboxylic acids is 1. The first-order chi connectivity index (χ1) is 11.1. The van der Waals surface area contributed by atoms with E-state index in [0.29, 0.717) is 5.56 Å². The Morgan fingerprint density at radius 3 is 2.38 bits per heavy atom. The van der Waals surface area contributed by atoms with E-state index in [9.17, 15) is 13.6 Å². The second-order valence-corrected chi connectivity index (χ2v) is 6.76. The zero-order valence-corrected chi connectivity index (χ0v) is 14.7. The zero-order chi connectivity index (χ0) is 18.4. The van der Waals surface area contributed by atoms with Gasteiger partial charge in [-0.05, 0) is 18.6 Å². The van der Waals surface area contributed by atoms with Gasteiger partial charge in [-0.2, -0.15) is 8.78 Å². The Morgan fingerprint density at radius 1 is 1.29 bits per heavy atom. The summed E-state index contributed by atoms with van der Waals surface area (Å²) in [7, 11) is 0. The summed E-state index contributed by atoms with van der Waals surface area (Å²) in [5, 5.41) is 7.44. The van der Waals surface area contributed by atoms with Crippen LogP contribution in [0.25, 0.3) is 6.08 Å². The van der Waals surface area contributed by atoms with E-state index >= 15 is 0 Å². The summed E-state index contributed by atoms with van der Waals surface area (Å²) in [5.74, 6) is -6.92. The molecule has 24 heavy (non-hydrogen) atoms. The highest BCUT2D eigenvalue weighted by Gasteiger charge is 2.51. The van der Waals surface area contributed by atoms with Gasteiger partial charge in [0, 0.05) is 0 Å². The van der Waals surface area contributed by atoms with Gasteiger partial charge in [-0.15, -0.1) is 0 Å². The standard InChI is InChI=1S/C15H14Cl3F2NO3/c1-2-23-13(22)14(19,20)11(24-12(21)15(16,17)18)9-8-10-6-4-3-5-7-10/h3-9,11,21H,2H2,1H3/b9-8+,21-12?. The molecule has 0 radical (unpaired) electrons. The quantitative estimate of drug-likeness (QED) is 0.328. The van der Waals surface area contributed by atoms with Crippen molar-refractivity contribution < 1.29 is 23.0 Å². The molecule has 9 heteroatoms. The topological polar surface area (TPSA) is 59.4 Å². The van der Waals surface area contributed by atoms with E-state index in [4.69, 9.17) is 44.9 Å². The summed E-state index contributed by atoms with van der Waals surface area (Å²) in [4.78, 5) is 11.5. The number of hydrogen-bond acceptors (Lipinski definition) is 4. The summed E-state index contributed by atoms with van der Waals surface area (Å²) in [6.07, 6.45) is 0.0144. The normalized spacial score (nSPS) is 13.6. The van der Waals surface area contributed by atoms with Gasteiger partial charge < -0.3 is 9.47 Å². The van der Waals surface area contributed by atoms with Gasteiger partial charge in [-0.25, -0.2) is 4.79 Å². The highest BCUT2D eigenvalue weighted by Crippen LogP contribution is 2.32. The van der Waals surface area contributed by atoms with Gasteiger partial charge in [0.15, 0.2) is 6.10 Å². The fourth-order valence-electron chi connectivity index (χ4n) is 1.53. The van der Waals surface area contributed by atoms with Crippen molar-refractivity contribution >= 4 is 52.7 Å². The first-order valence-electron chi connectivity index (χ1n) is 6.69. The molecule has 1 unspecified atom stereocenters. The highest BCUT2D eigenvalue weighted by atomic mass is 35.6. The lowest BCUT2D eigenvalue weighted by molar-refractivity contribution is -0.182. The highest BCUT2D eigenvalue weighted by molar-refractivity contribution is 6.76. The first-order valence-corrected chi connectivity index (χ1v) is 7.83. The average molecular weight is 401 g/mol. The lowest BCUT2D eigenvalue weighted by Crippen LogP contribution is -2.45. The molecule has 0 spiro atoms. The largest absolute Gasteiger partial charge is 0.463 e. The summed E-state index contributed by atoms with van der Waals surface area (Å²) in [6.45, 7) is 1.14. The summed E-state index contributed by atoms with van der Waals surface area (Å²) in [6, 6.07) is 8.44. The van der Waals surface area contributed by atoms with Gasteiger partial charge in [0.1, 0.15) is 0 Å². The van der Waals surface area contributed by atoms with Crippen LogP contribution in [0.3, 0.4) is 0 Å². The van der Waals surface area contributed by atoms with Gasteiger partial charge in [0.25, 0.3) is 3.79 Å². The average Bonchev–Trinajstić information content (AvgIpc) is 2.51. The molecule has 0 saturated carbocycles. The van der Waals surface area contributed by atoms with Gasteiger partial charge in [0.2, 0.25) is 5.90 Å². The van der Waals surface area contributed by atoms with E-state index in [1.165, 1.54) is 13.0 Å². The number of nitrogens with one attached hydrogen (secondary N) is 1. The third-order valence-electron chi connectivity index (χ3n) is 2.67. The van der Waals surface area contributed by atoms with Crippen molar-refractivity contribution in [3.63, 3.8) is 0 Å². The van der Waals surface area contributed by atoms with Crippen LogP contribution < -0.4 is 0 Å². The molecule has 1 aromatic carbocycles. The van der Waals surface area contributed by atoms with Gasteiger partial charge in [-0.1, -0.05) is 71.2 Å². The van der Waals surface area contributed by atoms with Crippen molar-refractivity contribution in [3.05, 3.63) is 42.0 Å². The fraction of sp³-hybridized carbons (Fsp3) is 0.333. The maximum absolute atomic E-state index is 14.2. The van der Waals surface area contributed by atoms with Crippen molar-refractivity contribution in [2.45, 2.75) is 22.7 Å². The number of alkyl halides is 5. The van der Waals surface area contributed by atoms with Crippen LogP contribution >= 0.6 is 34.8 Å². The van der Waals surface area contributed by atoms with Gasteiger partial charge >= 0.3 is 11.9 Å². The molecule has 0 heterocycles. The number of rotatable bonds is 6. The Kier molecular flexibility index (Phi) is 7.45. The third-order valence-corrected chi connectivity index (χ3v) is 3.19. The molecule has 0 aromatic heterocycles. The van der Waals surface area contributed by atoms with Crippen LogP contribution in [0.15, 0.2) is 36.4 Å². The van der Waals surface area contributed by atoms with E-state index < -0.39 is 27.7 Å². The molecule has 0 fully saturated rings. The molecule has 0 aliphatic carbocycles. The van der Waals surface area contributed by atoms with E-state index in [1.54, 1.807) is 30.3 Å². The molecule has 1 N–H and O–H groups in total. The summed E-state index contributed by atoms with van der Waals surface area (Å²) in [5.41, 5.74) is 0.575. The molecule has 0 aliphatic heterocycles. The molecule has 0 aliphatic rings. The predicted octanol–water partition coefficient (Wildman–Crippen LogP) is 4.63. The van der Waals surface area contributed by atoms with Gasteiger partial charge in [0.05, 0.1) is 6.61 Å². The van der Waals surface area contributed by atoms with Crippen molar-refractivity contribution in [2.75, 3.05) is 6.61 Å². The molecule has 132 valence electrons. The number of benzene rings is 1. The second-order valence-electron chi connectivity index (χ2n) is 4.48. The Morgan fingerprint density at radius 2 is 1.88 bits per heavy atom. The predicted molar refractivity (Wildman–Crippen MR) is 89.9 cm³/mol. The molecule has 1 atom stereocenters. The second kappa shape index (κ2) is 8.65. The minimum absolute atomic E-state index is 0.245. The Labute approximate surface area is 152 Å². The molecule has 1 aromatic rings. The lowest BCUT2D eigenvalue weighted by Gasteiger charge is -2.25. The van der Waals surface area contributed by atoms with E-state index in [0.717, 1.165) is 6.08 Å². The maximum atomic E-state index is 14.2. The smallest absolute Gasteiger partial charge is 0.382 e. The van der Waals surface area contributed by atoms with Crippen LogP contribution in [0.1, 0.15) is 12.5 Å². The van der Waals surface area contributed by atoms with Gasteiger partial charge in [-0.3, -0.25) is 5.41 Å². The Balaban J connectivity index is 3.09. The first kappa shape index (κ1) is 20.7. The number of esters is 1. The number of hydrogen-bond donors (Lipinski definition) is 1. The van der Waals surface area contributed by atoms with E-state index in [2.05, 4.69) is 4.74 Å². The van der Waals surface area contributed by atoms with Crippen molar-refractivity contribution in [3.8, 4) is 0 Å². The Bertz CT molecular complexity index is 604. The van der Waals surface area contributed by atoms with E-state index in [1.807, 2.05) is 0 Å². The molecule has 0 saturated heterocycles. The SMILES string of the molecule is CCOC(=O)C(F)(F)C(/C=C/c1ccccc1)OC(=N)C(Cl)(Cl)Cl.